The molecule has 1 N–H and O–H groups in total. The molecule has 5 nitrogen and oxygen atoms in total. The van der Waals surface area contributed by atoms with Crippen LogP contribution in [0.5, 0.6) is 5.75 Å². The van der Waals surface area contributed by atoms with Crippen LogP contribution in [0.2, 0.25) is 0 Å². The second-order valence-electron chi connectivity index (χ2n) is 5.50. The molecule has 0 saturated heterocycles. The molecule has 4 aromatic rings. The van der Waals surface area contributed by atoms with Gasteiger partial charge in [-0.25, -0.2) is 9.78 Å². The number of aryl methyl sites for hydroxylation is 1. The van der Waals surface area contributed by atoms with Crippen molar-refractivity contribution in [2.45, 2.75) is 10.9 Å². The summed E-state index contributed by atoms with van der Waals surface area (Å²) >= 11 is 1.56. The number of benzene rings is 2. The second kappa shape index (κ2) is 5.72. The summed E-state index contributed by atoms with van der Waals surface area (Å²) in [6, 6.07) is 14.3. The third-order valence-corrected chi connectivity index (χ3v) is 5.00. The molecule has 2 aromatic heterocycles. The number of phenolic OH excluding ortho intramolecular Hbond substituents is 1. The fraction of sp³-hybridized carbons (Fsp3) is 0.111. The molecule has 0 aliphatic heterocycles. The average molecular weight is 338 g/mol. The van der Waals surface area contributed by atoms with Crippen LogP contribution < -0.4 is 5.63 Å². The summed E-state index contributed by atoms with van der Waals surface area (Å²) < 4.78 is 7.20. The van der Waals surface area contributed by atoms with Crippen molar-refractivity contribution in [3.63, 3.8) is 0 Å². The van der Waals surface area contributed by atoms with E-state index in [1.54, 1.807) is 23.9 Å². The summed E-state index contributed by atoms with van der Waals surface area (Å²) in [4.78, 5) is 16.4. The van der Waals surface area contributed by atoms with E-state index in [-0.39, 0.29) is 5.75 Å². The van der Waals surface area contributed by atoms with Crippen LogP contribution >= 0.6 is 11.8 Å². The average Bonchev–Trinajstić information content (AvgIpc) is 2.88. The van der Waals surface area contributed by atoms with E-state index in [1.807, 2.05) is 35.9 Å². The highest BCUT2D eigenvalue weighted by atomic mass is 32.2. The zero-order valence-corrected chi connectivity index (χ0v) is 13.7. The highest BCUT2D eigenvalue weighted by Gasteiger charge is 2.11. The first kappa shape index (κ1) is 14.8. The van der Waals surface area contributed by atoms with Gasteiger partial charge in [-0.05, 0) is 29.8 Å². The van der Waals surface area contributed by atoms with Crippen LogP contribution in [0.25, 0.3) is 22.0 Å². The number of phenols is 1. The molecular weight excluding hydrogens is 324 g/mol. The Balaban J connectivity index is 1.71. The molecule has 24 heavy (non-hydrogen) atoms. The number of fused-ring (bicyclic) bond motifs is 2. The summed E-state index contributed by atoms with van der Waals surface area (Å²) in [5.41, 5.74) is 2.85. The lowest BCUT2D eigenvalue weighted by atomic mass is 10.1. The molecule has 4 rings (SSSR count). The van der Waals surface area contributed by atoms with E-state index in [9.17, 15) is 9.90 Å². The molecule has 120 valence electrons. The van der Waals surface area contributed by atoms with Gasteiger partial charge in [-0.2, -0.15) is 0 Å². The zero-order chi connectivity index (χ0) is 16.7. The predicted molar refractivity (Wildman–Crippen MR) is 94.4 cm³/mol. The third kappa shape index (κ3) is 2.55. The number of nitrogens with zero attached hydrogens (tertiary/aromatic N) is 2. The number of aromatic nitrogens is 2. The van der Waals surface area contributed by atoms with Crippen LogP contribution in [0.3, 0.4) is 0 Å². The van der Waals surface area contributed by atoms with Crippen LogP contribution in [-0.2, 0) is 12.8 Å². The van der Waals surface area contributed by atoms with Crippen molar-refractivity contribution in [2.75, 3.05) is 0 Å². The first-order chi connectivity index (χ1) is 11.6. The van der Waals surface area contributed by atoms with E-state index in [4.69, 9.17) is 4.42 Å². The van der Waals surface area contributed by atoms with Gasteiger partial charge < -0.3 is 14.1 Å². The molecule has 0 aliphatic rings. The number of hydrogen-bond donors (Lipinski definition) is 1. The fourth-order valence-corrected chi connectivity index (χ4v) is 3.71. The Kier molecular flexibility index (Phi) is 3.54. The summed E-state index contributed by atoms with van der Waals surface area (Å²) in [6.45, 7) is 0. The van der Waals surface area contributed by atoms with Crippen LogP contribution in [0.1, 0.15) is 5.56 Å². The molecule has 2 aromatic carbocycles. The van der Waals surface area contributed by atoms with Crippen LogP contribution in [-0.4, -0.2) is 14.7 Å². The monoisotopic (exact) mass is 338 g/mol. The lowest BCUT2D eigenvalue weighted by Gasteiger charge is -2.06. The topological polar surface area (TPSA) is 68.3 Å². The Labute approximate surface area is 141 Å². The standard InChI is InChI=1S/C18H14N2O3S/c1-20-15-5-3-2-4-14(15)19-18(20)24-10-11-8-17(22)23-16-9-12(21)6-7-13(11)16/h2-9,21H,10H2,1H3. The fourth-order valence-electron chi connectivity index (χ4n) is 2.73. The predicted octanol–water partition coefficient (Wildman–Crippen LogP) is 3.68. The summed E-state index contributed by atoms with van der Waals surface area (Å²) in [6.07, 6.45) is 0. The van der Waals surface area contributed by atoms with Crippen LogP contribution in [0, 0.1) is 0 Å². The molecule has 0 amide bonds. The summed E-state index contributed by atoms with van der Waals surface area (Å²) in [5.74, 6) is 0.662. The molecule has 0 spiro atoms. The Hall–Kier alpha value is -2.73. The van der Waals surface area contributed by atoms with Gasteiger partial charge in [0.1, 0.15) is 11.3 Å². The van der Waals surface area contributed by atoms with Gasteiger partial charge >= 0.3 is 5.63 Å². The quantitative estimate of drug-likeness (QED) is 0.456. The molecule has 0 unspecified atom stereocenters. The molecule has 0 bridgehead atoms. The van der Waals surface area contributed by atoms with E-state index < -0.39 is 5.63 Å². The van der Waals surface area contributed by atoms with Gasteiger partial charge in [0.15, 0.2) is 5.16 Å². The zero-order valence-electron chi connectivity index (χ0n) is 12.9. The lowest BCUT2D eigenvalue weighted by molar-refractivity contribution is 0.473. The SMILES string of the molecule is Cn1c(SCc2cc(=O)oc3cc(O)ccc23)nc2ccccc21. The first-order valence-electron chi connectivity index (χ1n) is 7.42. The van der Waals surface area contributed by atoms with E-state index in [2.05, 4.69) is 4.98 Å². The number of rotatable bonds is 3. The molecule has 0 saturated carbocycles. The second-order valence-corrected chi connectivity index (χ2v) is 6.44. The van der Waals surface area contributed by atoms with E-state index in [1.165, 1.54) is 12.1 Å². The number of imidazole rings is 1. The van der Waals surface area contributed by atoms with Crippen molar-refractivity contribution < 1.29 is 9.52 Å². The first-order valence-corrected chi connectivity index (χ1v) is 8.40. The minimum absolute atomic E-state index is 0.0748. The molecule has 0 radical (unpaired) electrons. The molecule has 0 atom stereocenters. The molecular formula is C18H14N2O3S. The van der Waals surface area contributed by atoms with Gasteiger partial charge in [0.25, 0.3) is 0 Å². The maximum absolute atomic E-state index is 11.8. The normalized spacial score (nSPS) is 11.4. The molecule has 2 heterocycles. The Morgan fingerprint density at radius 3 is 2.88 bits per heavy atom. The maximum atomic E-state index is 11.8. The third-order valence-electron chi connectivity index (χ3n) is 3.92. The molecule has 0 aliphatic carbocycles. The van der Waals surface area contributed by atoms with E-state index >= 15 is 0 Å². The highest BCUT2D eigenvalue weighted by molar-refractivity contribution is 7.98. The van der Waals surface area contributed by atoms with Crippen molar-refractivity contribution in [1.82, 2.24) is 9.55 Å². The molecule has 6 heteroatoms. The number of para-hydroxylation sites is 2. The smallest absolute Gasteiger partial charge is 0.336 e. The van der Waals surface area contributed by atoms with Crippen LogP contribution in [0.4, 0.5) is 0 Å². The van der Waals surface area contributed by atoms with Gasteiger partial charge in [0.2, 0.25) is 0 Å². The van der Waals surface area contributed by atoms with Crippen molar-refractivity contribution in [1.29, 1.82) is 0 Å². The van der Waals surface area contributed by atoms with Gasteiger partial charge in [-0.3, -0.25) is 0 Å². The Morgan fingerprint density at radius 2 is 2.04 bits per heavy atom. The highest BCUT2D eigenvalue weighted by Crippen LogP contribution is 2.29. The van der Waals surface area contributed by atoms with Crippen LogP contribution in [0.15, 0.2) is 62.9 Å². The minimum atomic E-state index is -0.422. The van der Waals surface area contributed by atoms with Crippen molar-refractivity contribution in [3.05, 3.63) is 64.5 Å². The number of aromatic hydroxyl groups is 1. The van der Waals surface area contributed by atoms with E-state index in [0.717, 1.165) is 27.1 Å². The van der Waals surface area contributed by atoms with E-state index in [0.29, 0.717) is 11.3 Å². The Bertz CT molecular complexity index is 1110. The minimum Gasteiger partial charge on any atom is -0.508 e. The lowest BCUT2D eigenvalue weighted by Crippen LogP contribution is -2.00. The number of hydrogen-bond acceptors (Lipinski definition) is 5. The van der Waals surface area contributed by atoms with Crippen molar-refractivity contribution in [2.24, 2.45) is 7.05 Å². The van der Waals surface area contributed by atoms with Crippen molar-refractivity contribution >= 4 is 33.8 Å². The number of thioether (sulfide) groups is 1. The van der Waals surface area contributed by atoms with Gasteiger partial charge in [0, 0.05) is 30.3 Å². The van der Waals surface area contributed by atoms with Gasteiger partial charge in [-0.15, -0.1) is 0 Å². The summed E-state index contributed by atoms with van der Waals surface area (Å²) in [7, 11) is 1.98. The molecule has 0 fully saturated rings. The largest absolute Gasteiger partial charge is 0.508 e. The Morgan fingerprint density at radius 1 is 1.21 bits per heavy atom. The van der Waals surface area contributed by atoms with Crippen molar-refractivity contribution in [3.8, 4) is 5.75 Å². The van der Waals surface area contributed by atoms with Gasteiger partial charge in [-0.1, -0.05) is 23.9 Å². The maximum Gasteiger partial charge on any atom is 0.336 e. The summed E-state index contributed by atoms with van der Waals surface area (Å²) in [5, 5.41) is 11.3. The van der Waals surface area contributed by atoms with Gasteiger partial charge in [0.05, 0.1) is 11.0 Å².